The van der Waals surface area contributed by atoms with E-state index in [2.05, 4.69) is 5.10 Å². The molecule has 0 fully saturated rings. The van der Waals surface area contributed by atoms with Gasteiger partial charge in [0, 0.05) is 5.02 Å². The number of anilines is 1. The first-order chi connectivity index (χ1) is 14.8. The first-order valence-corrected chi connectivity index (χ1v) is 11.1. The third-order valence-corrected chi connectivity index (χ3v) is 6.08. The Balaban J connectivity index is 1.52. The van der Waals surface area contributed by atoms with E-state index >= 15 is 0 Å². The Morgan fingerprint density at radius 1 is 0.935 bits per heavy atom. The summed E-state index contributed by atoms with van der Waals surface area (Å²) in [7, 11) is -3.97. The van der Waals surface area contributed by atoms with E-state index in [9.17, 15) is 13.2 Å². The highest BCUT2D eigenvalue weighted by Crippen LogP contribution is 2.26. The molecule has 1 aliphatic heterocycles. The van der Waals surface area contributed by atoms with Crippen LogP contribution in [0.2, 0.25) is 5.02 Å². The van der Waals surface area contributed by atoms with E-state index in [1.54, 1.807) is 25.1 Å². The average Bonchev–Trinajstić information content (AvgIpc) is 3.04. The number of hydrazone groups is 1. The van der Waals surface area contributed by atoms with Crippen molar-refractivity contribution in [2.45, 2.75) is 11.8 Å². The molecule has 0 bridgehead atoms. The first kappa shape index (κ1) is 20.8. The Kier molecular flexibility index (Phi) is 5.63. The highest BCUT2D eigenvalue weighted by molar-refractivity contribution is 7.87. The molecule has 1 amide bonds. The molecule has 0 aliphatic carbocycles. The van der Waals surface area contributed by atoms with Crippen molar-refractivity contribution >= 4 is 45.1 Å². The number of carbonyl (C=O) groups excluding carboxylic acids is 1. The van der Waals surface area contributed by atoms with Crippen LogP contribution in [-0.4, -0.2) is 20.0 Å². The lowest BCUT2D eigenvalue weighted by atomic mass is 10.1. The summed E-state index contributed by atoms with van der Waals surface area (Å²) < 4.78 is 30.0. The largest absolute Gasteiger partial charge is 0.379 e. The van der Waals surface area contributed by atoms with Gasteiger partial charge in [0.05, 0.1) is 17.0 Å². The minimum Gasteiger partial charge on any atom is -0.379 e. The summed E-state index contributed by atoms with van der Waals surface area (Å²) in [5, 5.41) is 6.13. The van der Waals surface area contributed by atoms with Gasteiger partial charge in [-0.2, -0.15) is 18.5 Å². The molecule has 0 aromatic heterocycles. The lowest BCUT2D eigenvalue weighted by Gasteiger charge is -2.11. The predicted molar refractivity (Wildman–Crippen MR) is 121 cm³/mol. The third kappa shape index (κ3) is 4.52. The van der Waals surface area contributed by atoms with E-state index in [0.717, 1.165) is 0 Å². The molecule has 0 saturated carbocycles. The fourth-order valence-corrected chi connectivity index (χ4v) is 4.05. The molecule has 0 radical (unpaired) electrons. The van der Waals surface area contributed by atoms with Gasteiger partial charge in [-0.05, 0) is 67.1 Å². The molecule has 0 unspecified atom stereocenters. The van der Waals surface area contributed by atoms with Crippen LogP contribution in [-0.2, 0) is 14.9 Å². The number of hydrogen-bond acceptors (Lipinski definition) is 5. The second-order valence-corrected chi connectivity index (χ2v) is 8.74. The second-order valence-electron chi connectivity index (χ2n) is 6.76. The lowest BCUT2D eigenvalue weighted by molar-refractivity contribution is -0.114. The molecular weight excluding hydrogens is 436 g/mol. The Bertz CT molecular complexity index is 1280. The molecular formula is C23H17ClN2O4S. The summed E-state index contributed by atoms with van der Waals surface area (Å²) in [4.78, 5) is 12.8. The predicted octanol–water partition coefficient (Wildman–Crippen LogP) is 4.91. The molecule has 31 heavy (non-hydrogen) atoms. The number of hydrogen-bond donors (Lipinski definition) is 0. The summed E-state index contributed by atoms with van der Waals surface area (Å²) in [5.74, 6) is -0.0690. The molecule has 4 rings (SSSR count). The smallest absolute Gasteiger partial charge is 0.339 e. The zero-order valence-electron chi connectivity index (χ0n) is 16.4. The molecule has 156 valence electrons. The van der Waals surface area contributed by atoms with Gasteiger partial charge in [-0.25, -0.2) is 0 Å². The van der Waals surface area contributed by atoms with Crippen LogP contribution in [0.25, 0.3) is 6.08 Å². The van der Waals surface area contributed by atoms with Crippen molar-refractivity contribution in [1.82, 2.24) is 0 Å². The molecule has 0 N–H and O–H groups in total. The zero-order valence-corrected chi connectivity index (χ0v) is 18.0. The van der Waals surface area contributed by atoms with E-state index in [0.29, 0.717) is 27.6 Å². The van der Waals surface area contributed by atoms with Crippen molar-refractivity contribution in [1.29, 1.82) is 0 Å². The maximum Gasteiger partial charge on any atom is 0.339 e. The quantitative estimate of drug-likeness (QED) is 0.407. The number of amides is 1. The van der Waals surface area contributed by atoms with Gasteiger partial charge in [-0.3, -0.25) is 4.79 Å². The fourth-order valence-electron chi connectivity index (χ4n) is 2.99. The average molecular weight is 453 g/mol. The molecule has 3 aromatic carbocycles. The van der Waals surface area contributed by atoms with Crippen molar-refractivity contribution in [3.8, 4) is 5.75 Å². The van der Waals surface area contributed by atoms with Gasteiger partial charge in [0.1, 0.15) is 10.6 Å². The standard InChI is InChI=1S/C23H17ClN2O4S/c1-16-22(23(27)26(25-16)19-5-3-2-4-6-19)15-17-7-11-20(12-8-17)30-31(28,29)21-13-9-18(24)10-14-21/h2-15H,1H3/b22-15+. The number of carbonyl (C=O) groups is 1. The van der Waals surface area contributed by atoms with Gasteiger partial charge in [-0.1, -0.05) is 41.9 Å². The van der Waals surface area contributed by atoms with Crippen LogP contribution in [0.1, 0.15) is 12.5 Å². The van der Waals surface area contributed by atoms with Crippen molar-refractivity contribution in [2.75, 3.05) is 5.01 Å². The Morgan fingerprint density at radius 3 is 2.23 bits per heavy atom. The summed E-state index contributed by atoms with van der Waals surface area (Å²) in [5.41, 5.74) is 2.46. The molecule has 1 aliphatic rings. The summed E-state index contributed by atoms with van der Waals surface area (Å²) in [6.45, 7) is 1.77. The lowest BCUT2D eigenvalue weighted by Crippen LogP contribution is -2.21. The number of nitrogens with zero attached hydrogens (tertiary/aromatic N) is 2. The Hall–Kier alpha value is -3.42. The molecule has 0 atom stereocenters. The zero-order chi connectivity index (χ0) is 22.0. The molecule has 6 nitrogen and oxygen atoms in total. The fraction of sp³-hybridized carbons (Fsp3) is 0.0435. The van der Waals surface area contributed by atoms with Crippen LogP contribution in [0.5, 0.6) is 5.75 Å². The van der Waals surface area contributed by atoms with Crippen molar-refractivity contribution < 1.29 is 17.4 Å². The van der Waals surface area contributed by atoms with Gasteiger partial charge < -0.3 is 4.18 Å². The summed E-state index contributed by atoms with van der Waals surface area (Å²) >= 11 is 5.80. The van der Waals surface area contributed by atoms with E-state index in [1.165, 1.54) is 41.4 Å². The molecule has 1 heterocycles. The van der Waals surface area contributed by atoms with E-state index in [1.807, 2.05) is 30.3 Å². The topological polar surface area (TPSA) is 76.0 Å². The first-order valence-electron chi connectivity index (χ1n) is 9.30. The molecule has 0 spiro atoms. The molecule has 0 saturated heterocycles. The van der Waals surface area contributed by atoms with Gasteiger partial charge in [-0.15, -0.1) is 0 Å². The SMILES string of the molecule is CC1=NN(c2ccccc2)C(=O)/C1=C/c1ccc(OS(=O)(=O)c2ccc(Cl)cc2)cc1. The number of benzene rings is 3. The van der Waals surface area contributed by atoms with Crippen LogP contribution in [0.15, 0.2) is 94.4 Å². The van der Waals surface area contributed by atoms with Gasteiger partial charge in [0.15, 0.2) is 0 Å². The number of para-hydroxylation sites is 1. The van der Waals surface area contributed by atoms with Gasteiger partial charge in [0.2, 0.25) is 0 Å². The van der Waals surface area contributed by atoms with Crippen LogP contribution in [0.4, 0.5) is 5.69 Å². The Labute approximate surface area is 185 Å². The minimum atomic E-state index is -3.97. The highest BCUT2D eigenvalue weighted by Gasteiger charge is 2.28. The van der Waals surface area contributed by atoms with Crippen LogP contribution in [0, 0.1) is 0 Å². The number of halogens is 1. The van der Waals surface area contributed by atoms with Crippen molar-refractivity contribution in [3.05, 3.63) is 95.0 Å². The maximum absolute atomic E-state index is 12.8. The monoisotopic (exact) mass is 452 g/mol. The summed E-state index contributed by atoms with van der Waals surface area (Å²) in [6, 6.07) is 21.3. The van der Waals surface area contributed by atoms with Gasteiger partial charge >= 0.3 is 10.1 Å². The second kappa shape index (κ2) is 8.37. The summed E-state index contributed by atoms with van der Waals surface area (Å²) in [6.07, 6.45) is 1.71. The van der Waals surface area contributed by atoms with Crippen molar-refractivity contribution in [3.63, 3.8) is 0 Å². The van der Waals surface area contributed by atoms with Crippen molar-refractivity contribution in [2.24, 2.45) is 5.10 Å². The van der Waals surface area contributed by atoms with E-state index in [4.69, 9.17) is 15.8 Å². The van der Waals surface area contributed by atoms with Crippen LogP contribution >= 0.6 is 11.6 Å². The third-order valence-electron chi connectivity index (χ3n) is 4.56. The van der Waals surface area contributed by atoms with Gasteiger partial charge in [0.25, 0.3) is 5.91 Å². The molecule has 3 aromatic rings. The van der Waals surface area contributed by atoms with Crippen LogP contribution < -0.4 is 9.19 Å². The van der Waals surface area contributed by atoms with E-state index in [-0.39, 0.29) is 16.6 Å². The maximum atomic E-state index is 12.8. The highest BCUT2D eigenvalue weighted by atomic mass is 35.5. The Morgan fingerprint density at radius 2 is 1.58 bits per heavy atom. The number of rotatable bonds is 5. The van der Waals surface area contributed by atoms with Crippen LogP contribution in [0.3, 0.4) is 0 Å². The normalized spacial score (nSPS) is 15.3. The minimum absolute atomic E-state index is 0.00693. The van der Waals surface area contributed by atoms with E-state index < -0.39 is 10.1 Å². The molecule has 8 heteroatoms.